The molecule has 0 bridgehead atoms. The number of carbonyl (C=O) groups excluding carboxylic acids is 3. The minimum atomic E-state index is -0.966. The first-order valence-electron chi connectivity index (χ1n) is 12.3. The van der Waals surface area contributed by atoms with Crippen LogP contribution in [0.3, 0.4) is 0 Å². The Morgan fingerprint density at radius 3 is 2.33 bits per heavy atom. The molecule has 1 aliphatic rings. The van der Waals surface area contributed by atoms with E-state index in [2.05, 4.69) is 32.3 Å². The number of aromatic nitrogens is 1. The highest BCUT2D eigenvalue weighted by Crippen LogP contribution is 2.44. The Kier molecular flexibility index (Phi) is 7.74. The summed E-state index contributed by atoms with van der Waals surface area (Å²) in [5.74, 6) is -2.04. The third-order valence-electron chi connectivity index (χ3n) is 6.39. The average molecular weight is 547 g/mol. The Hall–Kier alpha value is -4.24. The van der Waals surface area contributed by atoms with E-state index < -0.39 is 23.7 Å². The van der Waals surface area contributed by atoms with Crippen molar-refractivity contribution >= 4 is 39.9 Å². The molecule has 1 unspecified atom stereocenters. The number of aryl methyl sites for hydroxylation is 1. The fourth-order valence-corrected chi connectivity index (χ4v) is 5.31. The molecule has 0 spiro atoms. The van der Waals surface area contributed by atoms with Gasteiger partial charge in [-0.05, 0) is 47.7 Å². The molecule has 1 saturated heterocycles. The average Bonchev–Trinajstić information content (AvgIpc) is 3.42. The lowest BCUT2D eigenvalue weighted by Gasteiger charge is -2.24. The number of Topliss-reactive ketones (excluding diaryl/α,β-unsaturated/α-hetero) is 1. The minimum Gasteiger partial charge on any atom is -0.507 e. The van der Waals surface area contributed by atoms with Crippen molar-refractivity contribution < 1.29 is 29.0 Å². The molecule has 0 saturated carbocycles. The molecule has 0 radical (unpaired) electrons. The Labute approximate surface area is 231 Å². The molecule has 2 aromatic carbocycles. The number of esters is 1. The van der Waals surface area contributed by atoms with Crippen molar-refractivity contribution in [3.63, 3.8) is 0 Å². The van der Waals surface area contributed by atoms with Crippen LogP contribution in [0.15, 0.2) is 66.8 Å². The number of anilines is 1. The van der Waals surface area contributed by atoms with Gasteiger partial charge in [0.1, 0.15) is 23.0 Å². The van der Waals surface area contributed by atoms with Crippen molar-refractivity contribution in [2.45, 2.75) is 39.2 Å². The van der Waals surface area contributed by atoms with E-state index in [0.29, 0.717) is 29.2 Å². The molecule has 1 aromatic heterocycles. The third kappa shape index (κ3) is 5.35. The zero-order chi connectivity index (χ0) is 28.5. The first kappa shape index (κ1) is 27.8. The van der Waals surface area contributed by atoms with Gasteiger partial charge in [0.15, 0.2) is 5.13 Å². The van der Waals surface area contributed by atoms with Crippen LogP contribution in [0.1, 0.15) is 58.9 Å². The van der Waals surface area contributed by atoms with Crippen LogP contribution in [0.25, 0.3) is 5.76 Å². The van der Waals surface area contributed by atoms with Crippen LogP contribution in [0.4, 0.5) is 5.13 Å². The Morgan fingerprint density at radius 2 is 1.77 bits per heavy atom. The predicted molar refractivity (Wildman–Crippen MR) is 150 cm³/mol. The normalized spacial score (nSPS) is 16.8. The van der Waals surface area contributed by atoms with Crippen molar-refractivity contribution in [2.24, 2.45) is 0 Å². The highest BCUT2D eigenvalue weighted by atomic mass is 32.1. The van der Waals surface area contributed by atoms with Gasteiger partial charge in [0, 0.05) is 5.56 Å². The number of hydrogen-bond acceptors (Lipinski definition) is 8. The van der Waals surface area contributed by atoms with Crippen molar-refractivity contribution in [1.29, 1.82) is 0 Å². The minimum absolute atomic E-state index is 0.0734. The summed E-state index contributed by atoms with van der Waals surface area (Å²) in [6, 6.07) is 13.1. The third-order valence-corrected chi connectivity index (χ3v) is 7.53. The summed E-state index contributed by atoms with van der Waals surface area (Å²) in [7, 11) is 1.26. The first-order chi connectivity index (χ1) is 18.5. The van der Waals surface area contributed by atoms with Gasteiger partial charge in [0.25, 0.3) is 5.78 Å². The summed E-state index contributed by atoms with van der Waals surface area (Å²) in [6.07, 6.45) is 1.62. The smallest absolute Gasteiger partial charge is 0.350 e. The SMILES string of the molecule is C=CCOc1ccc(/C(O)=C2\C(=O)C(=O)N(c3nc(C)c(C(=O)OC)s3)C2c2ccc(C(C)(C)C)cc2)cc1. The molecule has 1 N–H and O–H groups in total. The molecule has 3 aromatic rings. The molecule has 4 rings (SSSR count). The standard InChI is InChI=1S/C30H30N2O6S/c1-7-16-38-21-14-10-19(11-15-21)24(33)22-23(18-8-12-20(13-9-18)30(3,4)5)32(27(35)25(22)34)29-31-17(2)26(39-29)28(36)37-6/h7-15,23,33H,1,16H2,2-6H3/b24-22+. The van der Waals surface area contributed by atoms with E-state index in [1.165, 1.54) is 12.0 Å². The van der Waals surface area contributed by atoms with Crippen LogP contribution >= 0.6 is 11.3 Å². The zero-order valence-corrected chi connectivity index (χ0v) is 23.3. The van der Waals surface area contributed by atoms with Crippen molar-refractivity contribution in [2.75, 3.05) is 18.6 Å². The fourth-order valence-electron chi connectivity index (χ4n) is 4.30. The molecule has 9 heteroatoms. The second kappa shape index (κ2) is 10.9. The lowest BCUT2D eigenvalue weighted by atomic mass is 9.85. The van der Waals surface area contributed by atoms with Crippen LogP contribution in [0.5, 0.6) is 5.75 Å². The second-order valence-electron chi connectivity index (χ2n) is 10.1. The van der Waals surface area contributed by atoms with Gasteiger partial charge in [-0.1, -0.05) is 69.0 Å². The van der Waals surface area contributed by atoms with Gasteiger partial charge in [-0.25, -0.2) is 9.78 Å². The van der Waals surface area contributed by atoms with Crippen molar-refractivity contribution in [1.82, 2.24) is 4.98 Å². The van der Waals surface area contributed by atoms with E-state index in [-0.39, 0.29) is 26.8 Å². The van der Waals surface area contributed by atoms with Gasteiger partial charge < -0.3 is 14.6 Å². The number of hydrogen-bond donors (Lipinski definition) is 1. The molecule has 1 fully saturated rings. The molecular weight excluding hydrogens is 516 g/mol. The number of methoxy groups -OCH3 is 1. The fraction of sp³-hybridized carbons (Fsp3) is 0.267. The molecular formula is C30H30N2O6S. The molecule has 1 atom stereocenters. The topological polar surface area (TPSA) is 106 Å². The molecule has 8 nitrogen and oxygen atoms in total. The number of ketones is 1. The van der Waals surface area contributed by atoms with Crippen LogP contribution in [0, 0.1) is 6.92 Å². The maximum atomic E-state index is 13.4. The van der Waals surface area contributed by atoms with E-state index in [1.54, 1.807) is 37.3 Å². The number of ether oxygens (including phenoxy) is 2. The van der Waals surface area contributed by atoms with Gasteiger partial charge in [-0.2, -0.15) is 0 Å². The zero-order valence-electron chi connectivity index (χ0n) is 22.5. The molecule has 202 valence electrons. The predicted octanol–water partition coefficient (Wildman–Crippen LogP) is 5.73. The van der Waals surface area contributed by atoms with E-state index in [9.17, 15) is 19.5 Å². The largest absolute Gasteiger partial charge is 0.507 e. The quantitative estimate of drug-likeness (QED) is 0.133. The second-order valence-corrected chi connectivity index (χ2v) is 11.0. The number of aliphatic hydroxyl groups excluding tert-OH is 1. The van der Waals surface area contributed by atoms with Gasteiger partial charge in [-0.3, -0.25) is 14.5 Å². The van der Waals surface area contributed by atoms with Gasteiger partial charge >= 0.3 is 11.9 Å². The van der Waals surface area contributed by atoms with Crippen molar-refractivity contribution in [3.05, 3.63) is 94.0 Å². The maximum Gasteiger partial charge on any atom is 0.350 e. The summed E-state index contributed by atoms with van der Waals surface area (Å²) >= 11 is 0.959. The van der Waals surface area contributed by atoms with E-state index in [1.807, 2.05) is 24.3 Å². The van der Waals surface area contributed by atoms with E-state index in [4.69, 9.17) is 9.47 Å². The highest BCUT2D eigenvalue weighted by Gasteiger charge is 2.48. The van der Waals surface area contributed by atoms with E-state index >= 15 is 0 Å². The number of benzene rings is 2. The van der Waals surface area contributed by atoms with Gasteiger partial charge in [0.2, 0.25) is 0 Å². The van der Waals surface area contributed by atoms with E-state index in [0.717, 1.165) is 16.9 Å². The summed E-state index contributed by atoms with van der Waals surface area (Å²) < 4.78 is 10.4. The molecule has 2 heterocycles. The van der Waals surface area contributed by atoms with Crippen LogP contribution in [-0.4, -0.2) is 41.5 Å². The lowest BCUT2D eigenvalue weighted by Crippen LogP contribution is -2.29. The Bertz CT molecular complexity index is 1460. The number of nitrogens with zero attached hydrogens (tertiary/aromatic N) is 2. The van der Waals surface area contributed by atoms with Crippen molar-refractivity contribution in [3.8, 4) is 5.75 Å². The summed E-state index contributed by atoms with van der Waals surface area (Å²) in [6.45, 7) is 11.8. The summed E-state index contributed by atoms with van der Waals surface area (Å²) in [4.78, 5) is 45.0. The first-order valence-corrected chi connectivity index (χ1v) is 13.1. The highest BCUT2D eigenvalue weighted by molar-refractivity contribution is 7.17. The maximum absolute atomic E-state index is 13.4. The molecule has 1 aliphatic heterocycles. The Balaban J connectivity index is 1.88. The van der Waals surface area contributed by atoms with Crippen LogP contribution in [0.2, 0.25) is 0 Å². The molecule has 0 aliphatic carbocycles. The van der Waals surface area contributed by atoms with Gasteiger partial charge in [-0.15, -0.1) is 0 Å². The Morgan fingerprint density at radius 1 is 1.13 bits per heavy atom. The number of aliphatic hydroxyl groups is 1. The monoisotopic (exact) mass is 546 g/mol. The van der Waals surface area contributed by atoms with Crippen LogP contribution in [-0.2, 0) is 19.7 Å². The summed E-state index contributed by atoms with van der Waals surface area (Å²) in [5.41, 5.74) is 2.22. The van der Waals surface area contributed by atoms with Gasteiger partial charge in [0.05, 0.1) is 24.4 Å². The van der Waals surface area contributed by atoms with Crippen LogP contribution < -0.4 is 9.64 Å². The number of carbonyl (C=O) groups is 3. The number of rotatable bonds is 7. The number of thiazole rings is 1. The number of amides is 1. The molecule has 1 amide bonds. The summed E-state index contributed by atoms with van der Waals surface area (Å²) in [5, 5.41) is 11.5. The molecule has 39 heavy (non-hydrogen) atoms. The lowest BCUT2D eigenvalue weighted by molar-refractivity contribution is -0.132.